The lowest BCUT2D eigenvalue weighted by molar-refractivity contribution is 1.56. The van der Waals surface area contributed by atoms with Gasteiger partial charge in [0.1, 0.15) is 0 Å². The summed E-state index contributed by atoms with van der Waals surface area (Å²) in [7, 11) is 0. The van der Waals surface area contributed by atoms with E-state index in [0.717, 1.165) is 0 Å². The molecular formula is C13H9S. The highest BCUT2D eigenvalue weighted by molar-refractivity contribution is 7.26. The van der Waals surface area contributed by atoms with Gasteiger partial charge in [-0.05, 0) is 24.6 Å². The number of rotatable bonds is 0. The van der Waals surface area contributed by atoms with Crippen LogP contribution in [-0.2, 0) is 0 Å². The van der Waals surface area contributed by atoms with Crippen LogP contribution in [0.15, 0.2) is 36.4 Å². The van der Waals surface area contributed by atoms with E-state index < -0.39 is 0 Å². The lowest BCUT2D eigenvalue weighted by atomic mass is 10.1. The van der Waals surface area contributed by atoms with Crippen molar-refractivity contribution in [3.05, 3.63) is 48.0 Å². The van der Waals surface area contributed by atoms with E-state index in [1.54, 1.807) is 0 Å². The van der Waals surface area contributed by atoms with Gasteiger partial charge in [0.2, 0.25) is 0 Å². The van der Waals surface area contributed by atoms with Gasteiger partial charge in [0.25, 0.3) is 0 Å². The van der Waals surface area contributed by atoms with Gasteiger partial charge in [-0.3, -0.25) is 0 Å². The quantitative estimate of drug-likeness (QED) is 0.507. The van der Waals surface area contributed by atoms with Crippen LogP contribution in [0, 0.1) is 13.0 Å². The summed E-state index contributed by atoms with van der Waals surface area (Å²) in [6.07, 6.45) is 0. The fourth-order valence-electron chi connectivity index (χ4n) is 1.81. The molecule has 3 rings (SSSR count). The van der Waals surface area contributed by atoms with Gasteiger partial charge < -0.3 is 0 Å². The third-order valence-electron chi connectivity index (χ3n) is 2.51. The van der Waals surface area contributed by atoms with Crippen LogP contribution in [0.2, 0.25) is 0 Å². The minimum Gasteiger partial charge on any atom is -0.135 e. The van der Waals surface area contributed by atoms with Crippen molar-refractivity contribution in [1.82, 2.24) is 0 Å². The second-order valence-corrected chi connectivity index (χ2v) is 4.52. The second kappa shape index (κ2) is 2.82. The Morgan fingerprint density at radius 2 is 2.07 bits per heavy atom. The molecule has 0 aliphatic rings. The lowest BCUT2D eigenvalue weighted by Gasteiger charge is -1.93. The molecule has 3 aromatic rings. The minimum atomic E-state index is 1.26. The normalized spacial score (nSPS) is 11.2. The average molecular weight is 197 g/mol. The number of hydrogen-bond acceptors (Lipinski definition) is 1. The van der Waals surface area contributed by atoms with Gasteiger partial charge in [-0.2, -0.15) is 0 Å². The molecule has 1 radical (unpaired) electrons. The van der Waals surface area contributed by atoms with E-state index in [9.17, 15) is 0 Å². The van der Waals surface area contributed by atoms with Gasteiger partial charge in [0.15, 0.2) is 0 Å². The van der Waals surface area contributed by atoms with Crippen LogP contribution in [0.4, 0.5) is 0 Å². The molecule has 0 atom stereocenters. The molecule has 14 heavy (non-hydrogen) atoms. The van der Waals surface area contributed by atoms with E-state index in [1.807, 2.05) is 23.5 Å². The van der Waals surface area contributed by atoms with Gasteiger partial charge in [-0.25, -0.2) is 0 Å². The molecule has 0 nitrogen and oxygen atoms in total. The van der Waals surface area contributed by atoms with Crippen LogP contribution in [0.3, 0.4) is 0 Å². The summed E-state index contributed by atoms with van der Waals surface area (Å²) in [6.45, 7) is 2.16. The molecular weight excluding hydrogens is 188 g/mol. The van der Waals surface area contributed by atoms with Gasteiger partial charge in [0.05, 0.1) is 0 Å². The molecule has 0 aliphatic carbocycles. The summed E-state index contributed by atoms with van der Waals surface area (Å²) in [5, 5.41) is 2.60. The first-order valence-corrected chi connectivity index (χ1v) is 5.46. The van der Waals surface area contributed by atoms with Crippen LogP contribution in [0.5, 0.6) is 0 Å². The fourth-order valence-corrected chi connectivity index (χ4v) is 2.96. The summed E-state index contributed by atoms with van der Waals surface area (Å²) in [6, 6.07) is 16.0. The Kier molecular flexibility index (Phi) is 1.62. The first-order chi connectivity index (χ1) is 6.86. The molecule has 0 unspecified atom stereocenters. The Bertz CT molecular complexity index is 605. The summed E-state index contributed by atoms with van der Waals surface area (Å²) < 4.78 is 2.72. The zero-order valence-electron chi connectivity index (χ0n) is 7.87. The van der Waals surface area contributed by atoms with E-state index in [0.29, 0.717) is 0 Å². The van der Waals surface area contributed by atoms with Crippen molar-refractivity contribution < 1.29 is 0 Å². The third kappa shape index (κ3) is 0.992. The number of thiophene rings is 1. The van der Waals surface area contributed by atoms with E-state index in [1.165, 1.54) is 25.7 Å². The zero-order chi connectivity index (χ0) is 9.54. The Labute approximate surface area is 86.8 Å². The smallest absolute Gasteiger partial charge is 0.0384 e. The Morgan fingerprint density at radius 1 is 1.14 bits per heavy atom. The Hall–Kier alpha value is -1.34. The van der Waals surface area contributed by atoms with E-state index in [-0.39, 0.29) is 0 Å². The van der Waals surface area contributed by atoms with Crippen molar-refractivity contribution in [3.8, 4) is 0 Å². The van der Waals surface area contributed by atoms with Crippen LogP contribution in [-0.4, -0.2) is 0 Å². The van der Waals surface area contributed by atoms with Crippen LogP contribution in [0.1, 0.15) is 5.56 Å². The summed E-state index contributed by atoms with van der Waals surface area (Å²) in [5.74, 6) is 0. The first-order valence-electron chi connectivity index (χ1n) is 4.65. The van der Waals surface area contributed by atoms with Crippen molar-refractivity contribution in [3.63, 3.8) is 0 Å². The number of benzene rings is 2. The van der Waals surface area contributed by atoms with Gasteiger partial charge in [-0.15, -0.1) is 11.3 Å². The minimum absolute atomic E-state index is 1.26. The SMILES string of the molecule is Cc1cccc2c1sc1ccc[c]c12. The Morgan fingerprint density at radius 3 is 3.00 bits per heavy atom. The fraction of sp³-hybridized carbons (Fsp3) is 0.0769. The van der Waals surface area contributed by atoms with Crippen LogP contribution < -0.4 is 0 Å². The lowest BCUT2D eigenvalue weighted by Crippen LogP contribution is -1.70. The van der Waals surface area contributed by atoms with Crippen molar-refractivity contribution in [1.29, 1.82) is 0 Å². The van der Waals surface area contributed by atoms with Crippen molar-refractivity contribution in [2.45, 2.75) is 6.92 Å². The predicted molar refractivity (Wildman–Crippen MR) is 62.9 cm³/mol. The molecule has 0 N–H and O–H groups in total. The monoisotopic (exact) mass is 197 g/mol. The largest absolute Gasteiger partial charge is 0.135 e. The summed E-state index contributed by atoms with van der Waals surface area (Å²) in [5.41, 5.74) is 1.36. The molecule has 1 heterocycles. The van der Waals surface area contributed by atoms with Crippen LogP contribution >= 0.6 is 11.3 Å². The highest BCUT2D eigenvalue weighted by Gasteiger charge is 2.04. The molecule has 2 aromatic carbocycles. The molecule has 1 aromatic heterocycles. The molecule has 0 amide bonds. The molecule has 67 valence electrons. The van der Waals surface area contributed by atoms with E-state index in [2.05, 4.69) is 37.3 Å². The maximum absolute atomic E-state index is 3.31. The average Bonchev–Trinajstić information content (AvgIpc) is 2.59. The molecule has 0 saturated heterocycles. The second-order valence-electron chi connectivity index (χ2n) is 3.46. The summed E-state index contributed by atoms with van der Waals surface area (Å²) >= 11 is 1.86. The van der Waals surface area contributed by atoms with Crippen molar-refractivity contribution in [2.24, 2.45) is 0 Å². The molecule has 0 fully saturated rings. The van der Waals surface area contributed by atoms with E-state index >= 15 is 0 Å². The maximum Gasteiger partial charge on any atom is 0.0384 e. The molecule has 0 bridgehead atoms. The Balaban J connectivity index is 2.63. The topological polar surface area (TPSA) is 0 Å². The van der Waals surface area contributed by atoms with Crippen molar-refractivity contribution >= 4 is 31.5 Å². The van der Waals surface area contributed by atoms with Crippen LogP contribution in [0.25, 0.3) is 20.2 Å². The molecule has 0 saturated carbocycles. The van der Waals surface area contributed by atoms with Gasteiger partial charge in [-0.1, -0.05) is 30.3 Å². The predicted octanol–water partition coefficient (Wildman–Crippen LogP) is 4.16. The number of aryl methyl sites for hydroxylation is 1. The zero-order valence-corrected chi connectivity index (χ0v) is 8.69. The van der Waals surface area contributed by atoms with E-state index in [4.69, 9.17) is 0 Å². The maximum atomic E-state index is 3.31. The van der Waals surface area contributed by atoms with Crippen molar-refractivity contribution in [2.75, 3.05) is 0 Å². The van der Waals surface area contributed by atoms with Gasteiger partial charge >= 0.3 is 0 Å². The molecule has 0 spiro atoms. The highest BCUT2D eigenvalue weighted by Crippen LogP contribution is 2.34. The highest BCUT2D eigenvalue weighted by atomic mass is 32.1. The summed E-state index contributed by atoms with van der Waals surface area (Å²) in [4.78, 5) is 0. The molecule has 1 heteroatoms. The van der Waals surface area contributed by atoms with Gasteiger partial charge in [0, 0.05) is 20.2 Å². The number of hydrogen-bond donors (Lipinski definition) is 0. The number of fused-ring (bicyclic) bond motifs is 3. The molecule has 0 aliphatic heterocycles. The standard InChI is InChI=1S/C13H9S/c1-9-5-4-7-11-10-6-2-3-8-12(10)14-13(9)11/h2-5,7-8H,1H3. The first kappa shape index (κ1) is 8.01. The third-order valence-corrected chi connectivity index (χ3v) is 3.82.